The molecule has 1 aliphatic rings. The third kappa shape index (κ3) is 5.57. The number of sulfonamides is 1. The summed E-state index contributed by atoms with van der Waals surface area (Å²) >= 11 is 1.14. The van der Waals surface area contributed by atoms with Gasteiger partial charge in [0.25, 0.3) is 10.0 Å². The first kappa shape index (κ1) is 23.8. The summed E-state index contributed by atoms with van der Waals surface area (Å²) in [6.07, 6.45) is 1.50. The monoisotopic (exact) mass is 499 g/mol. The van der Waals surface area contributed by atoms with E-state index in [0.717, 1.165) is 23.3 Å². The number of carbonyl (C=O) groups is 2. The van der Waals surface area contributed by atoms with Gasteiger partial charge in [-0.2, -0.15) is 0 Å². The molecule has 0 saturated carbocycles. The van der Waals surface area contributed by atoms with Crippen LogP contribution in [0.1, 0.15) is 18.4 Å². The molecular weight excluding hydrogens is 474 g/mol. The molecule has 0 unspecified atom stereocenters. The van der Waals surface area contributed by atoms with Gasteiger partial charge in [0.1, 0.15) is 16.0 Å². The highest BCUT2D eigenvalue weighted by atomic mass is 32.2. The van der Waals surface area contributed by atoms with Gasteiger partial charge in [-0.05, 0) is 66.2 Å². The van der Waals surface area contributed by atoms with E-state index in [1.807, 2.05) is 0 Å². The lowest BCUT2D eigenvalue weighted by Gasteiger charge is -2.24. The molecule has 1 atom stereocenters. The molecule has 10 heteroatoms. The molecule has 1 aromatic heterocycles. The highest BCUT2D eigenvalue weighted by Crippen LogP contribution is 2.23. The molecule has 2 heterocycles. The standard InChI is InChI=1S/C24H25N3O5S2/c1-32-20-12-10-18(11-13-20)25-24(29)21-4-2-14-27(21)22(28)16-17-6-8-19(9-7-17)26-34(30,31)23-5-3-15-33-23/h3,5-13,15,21,26H,2,4,14,16H2,1H3,(H,25,29)/t21-/m1/s1. The van der Waals surface area contributed by atoms with Crippen molar-refractivity contribution in [3.05, 3.63) is 71.6 Å². The quantitative estimate of drug-likeness (QED) is 0.491. The second kappa shape index (κ2) is 10.3. The molecule has 34 heavy (non-hydrogen) atoms. The Bertz CT molecular complexity index is 1240. The molecule has 0 bridgehead atoms. The zero-order valence-electron chi connectivity index (χ0n) is 18.6. The van der Waals surface area contributed by atoms with E-state index < -0.39 is 16.1 Å². The Kier molecular flexibility index (Phi) is 7.18. The second-order valence-electron chi connectivity index (χ2n) is 7.87. The number of ether oxygens (including phenoxy) is 1. The van der Waals surface area contributed by atoms with Crippen molar-refractivity contribution >= 4 is 44.5 Å². The second-order valence-corrected chi connectivity index (χ2v) is 10.7. The van der Waals surface area contributed by atoms with Gasteiger partial charge in [-0.3, -0.25) is 14.3 Å². The molecule has 2 amide bonds. The maximum atomic E-state index is 13.0. The molecular formula is C24H25N3O5S2. The fourth-order valence-electron chi connectivity index (χ4n) is 3.83. The summed E-state index contributed by atoms with van der Waals surface area (Å²) in [6.45, 7) is 0.526. The third-order valence-corrected chi connectivity index (χ3v) is 8.33. The smallest absolute Gasteiger partial charge is 0.271 e. The number of methoxy groups -OCH3 is 1. The third-order valence-electron chi connectivity index (χ3n) is 5.55. The van der Waals surface area contributed by atoms with Crippen molar-refractivity contribution < 1.29 is 22.7 Å². The van der Waals surface area contributed by atoms with Crippen molar-refractivity contribution in [1.29, 1.82) is 0 Å². The molecule has 1 aliphatic heterocycles. The Hall–Kier alpha value is -3.37. The van der Waals surface area contributed by atoms with Crippen molar-refractivity contribution in [3.63, 3.8) is 0 Å². The largest absolute Gasteiger partial charge is 0.497 e. The molecule has 1 saturated heterocycles. The minimum absolute atomic E-state index is 0.129. The van der Waals surface area contributed by atoms with Gasteiger partial charge in [0, 0.05) is 17.9 Å². The van der Waals surface area contributed by atoms with Crippen LogP contribution in [0.3, 0.4) is 0 Å². The van der Waals surface area contributed by atoms with Gasteiger partial charge < -0.3 is 15.0 Å². The Balaban J connectivity index is 1.36. The summed E-state index contributed by atoms with van der Waals surface area (Å²) in [5, 5.41) is 4.57. The Labute approximate surface area is 202 Å². The molecule has 4 rings (SSSR count). The molecule has 8 nitrogen and oxygen atoms in total. The average molecular weight is 500 g/mol. The van der Waals surface area contributed by atoms with Crippen LogP contribution in [-0.2, 0) is 26.0 Å². The number of likely N-dealkylation sites (tertiary alicyclic amines) is 1. The normalized spacial score (nSPS) is 15.7. The lowest BCUT2D eigenvalue weighted by Crippen LogP contribution is -2.43. The molecule has 2 aromatic carbocycles. The molecule has 1 fully saturated rings. The number of rotatable bonds is 8. The molecule has 178 valence electrons. The van der Waals surface area contributed by atoms with E-state index in [1.54, 1.807) is 72.0 Å². The molecule has 0 aliphatic carbocycles. The number of amides is 2. The highest BCUT2D eigenvalue weighted by Gasteiger charge is 2.34. The number of benzene rings is 2. The average Bonchev–Trinajstić information content (AvgIpc) is 3.54. The number of hydrogen-bond donors (Lipinski definition) is 2. The Morgan fingerprint density at radius 3 is 2.41 bits per heavy atom. The minimum Gasteiger partial charge on any atom is -0.497 e. The SMILES string of the molecule is COc1ccc(NC(=O)[C@H]2CCCN2C(=O)Cc2ccc(NS(=O)(=O)c3cccs3)cc2)cc1. The number of carbonyl (C=O) groups excluding carboxylic acids is 2. The summed E-state index contributed by atoms with van der Waals surface area (Å²) in [5.41, 5.74) is 1.80. The van der Waals surface area contributed by atoms with E-state index in [-0.39, 0.29) is 22.4 Å². The van der Waals surface area contributed by atoms with Crippen molar-refractivity contribution in [2.24, 2.45) is 0 Å². The summed E-state index contributed by atoms with van der Waals surface area (Å²) < 4.78 is 32.6. The Morgan fingerprint density at radius 2 is 1.76 bits per heavy atom. The van der Waals surface area contributed by atoms with Crippen molar-refractivity contribution in [2.45, 2.75) is 29.5 Å². The van der Waals surface area contributed by atoms with Crippen molar-refractivity contribution in [2.75, 3.05) is 23.7 Å². The molecule has 3 aromatic rings. The predicted molar refractivity (Wildman–Crippen MR) is 132 cm³/mol. The van der Waals surface area contributed by atoms with Gasteiger partial charge >= 0.3 is 0 Å². The fourth-order valence-corrected chi connectivity index (χ4v) is 5.88. The van der Waals surface area contributed by atoms with E-state index in [1.165, 1.54) is 6.07 Å². The zero-order valence-corrected chi connectivity index (χ0v) is 20.2. The first-order valence-corrected chi connectivity index (χ1v) is 13.1. The summed E-state index contributed by atoms with van der Waals surface area (Å²) in [7, 11) is -2.05. The number of anilines is 2. The van der Waals surface area contributed by atoms with E-state index >= 15 is 0 Å². The van der Waals surface area contributed by atoms with Crippen LogP contribution in [0.15, 0.2) is 70.3 Å². The predicted octanol–water partition coefficient (Wildman–Crippen LogP) is 3.73. The van der Waals surface area contributed by atoms with Crippen LogP contribution < -0.4 is 14.8 Å². The van der Waals surface area contributed by atoms with E-state index in [9.17, 15) is 18.0 Å². The van der Waals surface area contributed by atoms with E-state index in [2.05, 4.69) is 10.0 Å². The van der Waals surface area contributed by atoms with Crippen molar-refractivity contribution in [3.8, 4) is 5.75 Å². The van der Waals surface area contributed by atoms with Crippen molar-refractivity contribution in [1.82, 2.24) is 4.90 Å². The molecule has 0 radical (unpaired) electrons. The molecule has 0 spiro atoms. The van der Waals surface area contributed by atoms with Crippen LogP contribution in [0.25, 0.3) is 0 Å². The van der Waals surface area contributed by atoms with Gasteiger partial charge in [-0.25, -0.2) is 8.42 Å². The molecule has 2 N–H and O–H groups in total. The van der Waals surface area contributed by atoms with E-state index in [4.69, 9.17) is 4.74 Å². The Morgan fingerprint density at radius 1 is 1.06 bits per heavy atom. The van der Waals surface area contributed by atoms with Crippen LogP contribution in [0, 0.1) is 0 Å². The van der Waals surface area contributed by atoms with Gasteiger partial charge in [0.2, 0.25) is 11.8 Å². The number of hydrogen-bond acceptors (Lipinski definition) is 6. The van der Waals surface area contributed by atoms with E-state index in [0.29, 0.717) is 30.1 Å². The van der Waals surface area contributed by atoms with Gasteiger partial charge in [-0.1, -0.05) is 18.2 Å². The highest BCUT2D eigenvalue weighted by molar-refractivity contribution is 7.94. The van der Waals surface area contributed by atoms with Gasteiger partial charge in [-0.15, -0.1) is 11.3 Å². The first-order chi connectivity index (χ1) is 16.4. The fraction of sp³-hybridized carbons (Fsp3) is 0.250. The number of nitrogens with zero attached hydrogens (tertiary/aromatic N) is 1. The topological polar surface area (TPSA) is 105 Å². The minimum atomic E-state index is -3.62. The van der Waals surface area contributed by atoms with Crippen LogP contribution in [-0.4, -0.2) is 44.8 Å². The van der Waals surface area contributed by atoms with Crippen LogP contribution in [0.5, 0.6) is 5.75 Å². The number of thiophene rings is 1. The summed E-state index contributed by atoms with van der Waals surface area (Å²) in [5.74, 6) is 0.342. The van der Waals surface area contributed by atoms with Crippen LogP contribution >= 0.6 is 11.3 Å². The lowest BCUT2D eigenvalue weighted by molar-refractivity contribution is -0.136. The van der Waals surface area contributed by atoms with Crippen LogP contribution in [0.4, 0.5) is 11.4 Å². The summed E-state index contributed by atoms with van der Waals surface area (Å²) in [4.78, 5) is 27.4. The van der Waals surface area contributed by atoms with Crippen LogP contribution in [0.2, 0.25) is 0 Å². The summed E-state index contributed by atoms with van der Waals surface area (Å²) in [6, 6.07) is 16.4. The maximum Gasteiger partial charge on any atom is 0.271 e. The lowest BCUT2D eigenvalue weighted by atomic mass is 10.1. The number of nitrogens with one attached hydrogen (secondary N) is 2. The van der Waals surface area contributed by atoms with Gasteiger partial charge in [0.05, 0.1) is 13.5 Å². The maximum absolute atomic E-state index is 13.0. The zero-order chi connectivity index (χ0) is 24.1. The first-order valence-electron chi connectivity index (χ1n) is 10.8. The van der Waals surface area contributed by atoms with Gasteiger partial charge in [0.15, 0.2) is 0 Å².